The zero-order valence-corrected chi connectivity index (χ0v) is 11.5. The average molecular weight is 259 g/mol. The van der Waals surface area contributed by atoms with Crippen molar-refractivity contribution in [1.29, 1.82) is 0 Å². The van der Waals surface area contributed by atoms with E-state index < -0.39 is 0 Å². The molecule has 2 N–H and O–H groups in total. The molecule has 1 aromatic heterocycles. The summed E-state index contributed by atoms with van der Waals surface area (Å²) in [5.41, 5.74) is 8.25. The number of rotatable bonds is 6. The largest absolute Gasteiger partial charge is 0.493 e. The summed E-state index contributed by atoms with van der Waals surface area (Å²) in [6.07, 6.45) is 6.51. The van der Waals surface area contributed by atoms with Gasteiger partial charge in [-0.3, -0.25) is 0 Å². The topological polar surface area (TPSA) is 53.1 Å². The monoisotopic (exact) mass is 259 g/mol. The molecule has 1 atom stereocenters. The van der Waals surface area contributed by atoms with Gasteiger partial charge in [0.1, 0.15) is 5.75 Å². The molecular formula is C15H21N3O. The first-order valence-electron chi connectivity index (χ1n) is 6.61. The van der Waals surface area contributed by atoms with E-state index in [1.807, 2.05) is 30.1 Å². The number of hydrogen-bond acceptors (Lipinski definition) is 3. The first-order chi connectivity index (χ1) is 9.16. The van der Waals surface area contributed by atoms with Gasteiger partial charge in [0.2, 0.25) is 0 Å². The number of nitrogens with two attached hydrogens (primary N) is 1. The second kappa shape index (κ2) is 6.38. The van der Waals surface area contributed by atoms with E-state index in [4.69, 9.17) is 10.5 Å². The molecule has 0 aliphatic rings. The third-order valence-electron chi connectivity index (χ3n) is 3.03. The van der Waals surface area contributed by atoms with E-state index in [2.05, 4.69) is 24.0 Å². The predicted molar refractivity (Wildman–Crippen MR) is 76.1 cm³/mol. The highest BCUT2D eigenvalue weighted by molar-refractivity contribution is 5.38. The van der Waals surface area contributed by atoms with Crippen LogP contribution in [0.2, 0.25) is 0 Å². The summed E-state index contributed by atoms with van der Waals surface area (Å²) in [7, 11) is 0. The number of aromatic nitrogens is 2. The lowest BCUT2D eigenvalue weighted by atomic mass is 10.1. The van der Waals surface area contributed by atoms with E-state index in [1.54, 1.807) is 6.20 Å². The van der Waals surface area contributed by atoms with Crippen LogP contribution in [0.15, 0.2) is 36.9 Å². The van der Waals surface area contributed by atoms with E-state index in [1.165, 1.54) is 5.56 Å². The molecule has 1 aromatic carbocycles. The number of aryl methyl sites for hydroxylation is 2. The van der Waals surface area contributed by atoms with Crippen molar-refractivity contribution in [3.63, 3.8) is 0 Å². The normalized spacial score (nSPS) is 12.4. The molecule has 0 saturated carbocycles. The zero-order valence-electron chi connectivity index (χ0n) is 11.5. The molecule has 4 nitrogen and oxygen atoms in total. The first kappa shape index (κ1) is 13.6. The van der Waals surface area contributed by atoms with Crippen LogP contribution in [0.25, 0.3) is 0 Å². The van der Waals surface area contributed by atoms with E-state index >= 15 is 0 Å². The van der Waals surface area contributed by atoms with Gasteiger partial charge in [0, 0.05) is 30.5 Å². The second-order valence-corrected chi connectivity index (χ2v) is 4.83. The Hall–Kier alpha value is -1.81. The molecule has 0 radical (unpaired) electrons. The minimum absolute atomic E-state index is 0.0106. The smallest absolute Gasteiger partial charge is 0.124 e. The number of ether oxygens (including phenoxy) is 1. The van der Waals surface area contributed by atoms with Gasteiger partial charge in [-0.25, -0.2) is 4.98 Å². The molecule has 4 heteroatoms. The lowest BCUT2D eigenvalue weighted by molar-refractivity contribution is 0.297. The van der Waals surface area contributed by atoms with Crippen molar-refractivity contribution >= 4 is 0 Å². The van der Waals surface area contributed by atoms with Crippen molar-refractivity contribution in [3.8, 4) is 5.75 Å². The quantitative estimate of drug-likeness (QED) is 0.811. The second-order valence-electron chi connectivity index (χ2n) is 4.83. The van der Waals surface area contributed by atoms with Crippen LogP contribution in [0, 0.1) is 6.92 Å². The summed E-state index contributed by atoms with van der Waals surface area (Å²) in [4.78, 5) is 4.01. The molecule has 0 unspecified atom stereocenters. The minimum atomic E-state index is -0.0106. The summed E-state index contributed by atoms with van der Waals surface area (Å²) in [6.45, 7) is 5.64. The summed E-state index contributed by atoms with van der Waals surface area (Å²) < 4.78 is 7.88. The Morgan fingerprint density at radius 1 is 1.42 bits per heavy atom. The van der Waals surface area contributed by atoms with Gasteiger partial charge in [-0.05, 0) is 26.3 Å². The van der Waals surface area contributed by atoms with Crippen molar-refractivity contribution in [2.45, 2.75) is 32.9 Å². The maximum atomic E-state index is 5.97. The van der Waals surface area contributed by atoms with Crippen molar-refractivity contribution < 1.29 is 4.74 Å². The van der Waals surface area contributed by atoms with E-state index in [-0.39, 0.29) is 6.04 Å². The maximum Gasteiger partial charge on any atom is 0.124 e. The van der Waals surface area contributed by atoms with Crippen LogP contribution in [0.4, 0.5) is 0 Å². The zero-order chi connectivity index (χ0) is 13.7. The summed E-state index contributed by atoms with van der Waals surface area (Å²) in [5, 5.41) is 0. The van der Waals surface area contributed by atoms with Gasteiger partial charge in [0.25, 0.3) is 0 Å². The Morgan fingerprint density at radius 2 is 2.26 bits per heavy atom. The summed E-state index contributed by atoms with van der Waals surface area (Å²) in [6, 6.07) is 6.14. The van der Waals surface area contributed by atoms with Gasteiger partial charge < -0.3 is 15.0 Å². The van der Waals surface area contributed by atoms with Gasteiger partial charge in [-0.15, -0.1) is 0 Å². The van der Waals surface area contributed by atoms with Gasteiger partial charge >= 0.3 is 0 Å². The fourth-order valence-corrected chi connectivity index (χ4v) is 2.00. The average Bonchev–Trinajstić information content (AvgIpc) is 2.89. The van der Waals surface area contributed by atoms with Crippen LogP contribution in [-0.4, -0.2) is 16.2 Å². The first-order valence-corrected chi connectivity index (χ1v) is 6.61. The third kappa shape index (κ3) is 3.83. The van der Waals surface area contributed by atoms with Gasteiger partial charge in [-0.1, -0.05) is 17.7 Å². The van der Waals surface area contributed by atoms with Crippen molar-refractivity contribution in [2.75, 3.05) is 6.61 Å². The van der Waals surface area contributed by atoms with Crippen LogP contribution >= 0.6 is 0 Å². The molecule has 0 aliphatic heterocycles. The molecule has 0 amide bonds. The van der Waals surface area contributed by atoms with Crippen LogP contribution in [0.1, 0.15) is 30.5 Å². The number of hydrogen-bond donors (Lipinski definition) is 1. The predicted octanol–water partition coefficient (Wildman–Crippen LogP) is 2.68. The minimum Gasteiger partial charge on any atom is -0.493 e. The Balaban J connectivity index is 1.88. The summed E-state index contributed by atoms with van der Waals surface area (Å²) >= 11 is 0. The molecule has 102 valence electrons. The van der Waals surface area contributed by atoms with E-state index in [0.717, 1.165) is 24.3 Å². The highest BCUT2D eigenvalue weighted by Gasteiger charge is 2.08. The summed E-state index contributed by atoms with van der Waals surface area (Å²) in [5.74, 6) is 0.895. The van der Waals surface area contributed by atoms with Crippen LogP contribution in [-0.2, 0) is 6.54 Å². The van der Waals surface area contributed by atoms with Crippen LogP contribution in [0.5, 0.6) is 5.75 Å². The Kier molecular flexibility index (Phi) is 4.58. The number of imidazole rings is 1. The molecule has 0 spiro atoms. The van der Waals surface area contributed by atoms with Crippen molar-refractivity contribution in [2.24, 2.45) is 5.73 Å². The molecule has 0 saturated heterocycles. The lowest BCUT2D eigenvalue weighted by Gasteiger charge is -2.15. The van der Waals surface area contributed by atoms with Gasteiger partial charge in [0.05, 0.1) is 12.9 Å². The number of benzene rings is 1. The Morgan fingerprint density at radius 3 is 2.95 bits per heavy atom. The van der Waals surface area contributed by atoms with Gasteiger partial charge in [0.15, 0.2) is 0 Å². The lowest BCUT2D eigenvalue weighted by Crippen LogP contribution is -2.10. The van der Waals surface area contributed by atoms with Crippen molar-refractivity contribution in [3.05, 3.63) is 48.0 Å². The molecule has 19 heavy (non-hydrogen) atoms. The van der Waals surface area contributed by atoms with Crippen molar-refractivity contribution in [1.82, 2.24) is 9.55 Å². The molecule has 2 aromatic rings. The van der Waals surface area contributed by atoms with Gasteiger partial charge in [-0.2, -0.15) is 0 Å². The molecule has 0 bridgehead atoms. The van der Waals surface area contributed by atoms with Crippen LogP contribution < -0.4 is 10.5 Å². The van der Waals surface area contributed by atoms with E-state index in [9.17, 15) is 0 Å². The molecule has 1 heterocycles. The number of nitrogens with zero attached hydrogens (tertiary/aromatic N) is 2. The standard InChI is InChI=1S/C15H21N3O/c1-12-4-5-15(14(10-12)13(2)16)19-9-3-7-18-8-6-17-11-18/h4-6,8,10-11,13H,3,7,9,16H2,1-2H3/t13-/m0/s1. The third-order valence-corrected chi connectivity index (χ3v) is 3.03. The SMILES string of the molecule is Cc1ccc(OCCCn2ccnc2)c([C@H](C)N)c1. The Labute approximate surface area is 114 Å². The van der Waals surface area contributed by atoms with E-state index in [0.29, 0.717) is 6.61 Å². The molecule has 2 rings (SSSR count). The molecular weight excluding hydrogens is 238 g/mol. The maximum absolute atomic E-state index is 5.97. The Bertz CT molecular complexity index is 506. The highest BCUT2D eigenvalue weighted by Crippen LogP contribution is 2.25. The molecule has 0 fully saturated rings. The fraction of sp³-hybridized carbons (Fsp3) is 0.400. The highest BCUT2D eigenvalue weighted by atomic mass is 16.5. The molecule has 0 aliphatic carbocycles. The fourth-order valence-electron chi connectivity index (χ4n) is 2.00. The van der Waals surface area contributed by atoms with Crippen LogP contribution in [0.3, 0.4) is 0 Å².